The molecule has 28 heavy (non-hydrogen) atoms. The molecule has 0 bridgehead atoms. The Balaban J connectivity index is 1.70. The Labute approximate surface area is 165 Å². The van der Waals surface area contributed by atoms with Crippen LogP contribution in [0.15, 0.2) is 59.4 Å². The van der Waals surface area contributed by atoms with Gasteiger partial charge in [-0.1, -0.05) is 11.6 Å². The summed E-state index contributed by atoms with van der Waals surface area (Å²) in [6.07, 6.45) is 0. The lowest BCUT2D eigenvalue weighted by molar-refractivity contribution is 0.0948. The number of hydrogen-bond donors (Lipinski definition) is 1. The summed E-state index contributed by atoms with van der Waals surface area (Å²) < 4.78 is 19.5. The molecule has 6 nitrogen and oxygen atoms in total. The van der Waals surface area contributed by atoms with E-state index in [1.807, 2.05) is 0 Å². The normalized spacial score (nSPS) is 10.5. The van der Waals surface area contributed by atoms with Gasteiger partial charge in [0.25, 0.3) is 11.5 Å². The van der Waals surface area contributed by atoms with Gasteiger partial charge in [0.1, 0.15) is 11.6 Å². The smallest absolute Gasteiger partial charge is 0.266 e. The molecule has 0 aliphatic carbocycles. The van der Waals surface area contributed by atoms with E-state index in [0.29, 0.717) is 27.6 Å². The quantitative estimate of drug-likeness (QED) is 0.688. The van der Waals surface area contributed by atoms with Crippen molar-refractivity contribution in [3.63, 3.8) is 0 Å². The van der Waals surface area contributed by atoms with Crippen molar-refractivity contribution in [2.75, 3.05) is 13.7 Å². The maximum Gasteiger partial charge on any atom is 0.266 e. The zero-order valence-corrected chi connectivity index (χ0v) is 15.7. The molecule has 0 saturated carbocycles. The number of benzene rings is 2. The SMILES string of the molecule is COc1ccc(Cl)cc1C(=O)NCCn1nc(-c2ccc(F)cc2)ccc1=O. The van der Waals surface area contributed by atoms with Gasteiger partial charge in [0, 0.05) is 23.2 Å². The molecule has 3 aromatic rings. The Hall–Kier alpha value is -3.19. The second kappa shape index (κ2) is 8.67. The van der Waals surface area contributed by atoms with E-state index >= 15 is 0 Å². The highest BCUT2D eigenvalue weighted by Crippen LogP contribution is 2.22. The van der Waals surface area contributed by atoms with Crippen LogP contribution in [0.1, 0.15) is 10.4 Å². The summed E-state index contributed by atoms with van der Waals surface area (Å²) in [4.78, 5) is 24.4. The number of hydrogen-bond acceptors (Lipinski definition) is 4. The third-order valence-electron chi connectivity index (χ3n) is 4.02. The second-order valence-corrected chi connectivity index (χ2v) is 6.32. The molecule has 8 heteroatoms. The zero-order chi connectivity index (χ0) is 20.1. The highest BCUT2D eigenvalue weighted by atomic mass is 35.5. The zero-order valence-electron chi connectivity index (χ0n) is 15.0. The topological polar surface area (TPSA) is 73.2 Å². The van der Waals surface area contributed by atoms with Crippen LogP contribution in [0, 0.1) is 5.82 Å². The minimum atomic E-state index is -0.373. The minimum Gasteiger partial charge on any atom is -0.496 e. The van der Waals surface area contributed by atoms with Crippen LogP contribution in [0.5, 0.6) is 5.75 Å². The molecule has 0 radical (unpaired) electrons. The van der Waals surface area contributed by atoms with Gasteiger partial charge in [-0.2, -0.15) is 5.10 Å². The van der Waals surface area contributed by atoms with Crippen LogP contribution in [0.3, 0.4) is 0 Å². The fourth-order valence-electron chi connectivity index (χ4n) is 2.61. The summed E-state index contributed by atoms with van der Waals surface area (Å²) >= 11 is 5.94. The Morgan fingerprint density at radius 3 is 2.64 bits per heavy atom. The van der Waals surface area contributed by atoms with Crippen LogP contribution in [-0.4, -0.2) is 29.3 Å². The van der Waals surface area contributed by atoms with Crippen molar-refractivity contribution in [2.45, 2.75) is 6.54 Å². The molecule has 0 aliphatic heterocycles. The lowest BCUT2D eigenvalue weighted by Crippen LogP contribution is -2.32. The molecule has 0 saturated heterocycles. The van der Waals surface area contributed by atoms with Gasteiger partial charge in [0.15, 0.2) is 0 Å². The molecule has 0 spiro atoms. The molecule has 0 unspecified atom stereocenters. The van der Waals surface area contributed by atoms with E-state index in [1.165, 1.54) is 36.1 Å². The van der Waals surface area contributed by atoms with E-state index in [-0.39, 0.29) is 30.4 Å². The average Bonchev–Trinajstić information content (AvgIpc) is 2.70. The summed E-state index contributed by atoms with van der Waals surface area (Å²) in [6, 6.07) is 13.5. The molecule has 0 fully saturated rings. The van der Waals surface area contributed by atoms with E-state index in [1.54, 1.807) is 30.3 Å². The summed E-state index contributed by atoms with van der Waals surface area (Å²) in [5.41, 5.74) is 1.21. The van der Waals surface area contributed by atoms with Gasteiger partial charge in [-0.15, -0.1) is 0 Å². The van der Waals surface area contributed by atoms with Crippen LogP contribution in [-0.2, 0) is 6.54 Å². The van der Waals surface area contributed by atoms with Crippen molar-refractivity contribution in [3.05, 3.63) is 81.4 Å². The number of carbonyl (C=O) groups is 1. The van der Waals surface area contributed by atoms with Crippen LogP contribution >= 0.6 is 11.6 Å². The molecule has 1 aromatic heterocycles. The summed E-state index contributed by atoms with van der Waals surface area (Å²) in [5, 5.41) is 7.40. The van der Waals surface area contributed by atoms with E-state index in [2.05, 4.69) is 10.4 Å². The molecule has 1 N–H and O–H groups in total. The molecule has 2 aromatic carbocycles. The van der Waals surface area contributed by atoms with Gasteiger partial charge >= 0.3 is 0 Å². The van der Waals surface area contributed by atoms with Crippen molar-refractivity contribution in [2.24, 2.45) is 0 Å². The number of halogens is 2. The molecule has 0 aliphatic rings. The van der Waals surface area contributed by atoms with Gasteiger partial charge in [-0.3, -0.25) is 9.59 Å². The van der Waals surface area contributed by atoms with Crippen LogP contribution in [0.25, 0.3) is 11.3 Å². The van der Waals surface area contributed by atoms with Gasteiger partial charge in [-0.05, 0) is 48.5 Å². The molecule has 3 rings (SSSR count). The summed E-state index contributed by atoms with van der Waals surface area (Å²) in [6.45, 7) is 0.344. The molecular formula is C20H17ClFN3O3. The molecule has 1 amide bonds. The Bertz CT molecular complexity index is 1050. The van der Waals surface area contributed by atoms with Gasteiger partial charge in [0.2, 0.25) is 0 Å². The first kappa shape index (κ1) is 19.6. The highest BCUT2D eigenvalue weighted by molar-refractivity contribution is 6.31. The van der Waals surface area contributed by atoms with Crippen molar-refractivity contribution < 1.29 is 13.9 Å². The average molecular weight is 402 g/mol. The number of carbonyl (C=O) groups excluding carboxylic acids is 1. The number of rotatable bonds is 6. The first-order chi connectivity index (χ1) is 13.5. The highest BCUT2D eigenvalue weighted by Gasteiger charge is 2.13. The number of nitrogens with zero attached hydrogens (tertiary/aromatic N) is 2. The maximum absolute atomic E-state index is 13.1. The number of methoxy groups -OCH3 is 1. The number of aromatic nitrogens is 2. The first-order valence-electron chi connectivity index (χ1n) is 8.44. The van der Waals surface area contributed by atoms with Crippen LogP contribution in [0.4, 0.5) is 4.39 Å². The molecule has 144 valence electrons. The Kier molecular flexibility index (Phi) is 6.06. The standard InChI is InChI=1S/C20H17ClFN3O3/c1-28-18-8-4-14(21)12-16(18)20(27)23-10-11-25-19(26)9-7-17(24-25)13-2-5-15(22)6-3-13/h2-9,12H,10-11H2,1H3,(H,23,27). The van der Waals surface area contributed by atoms with Crippen LogP contribution < -0.4 is 15.6 Å². The minimum absolute atomic E-state index is 0.169. The monoisotopic (exact) mass is 401 g/mol. The van der Waals surface area contributed by atoms with E-state index < -0.39 is 0 Å². The second-order valence-electron chi connectivity index (χ2n) is 5.89. The van der Waals surface area contributed by atoms with E-state index in [9.17, 15) is 14.0 Å². The fraction of sp³-hybridized carbons (Fsp3) is 0.150. The van der Waals surface area contributed by atoms with Crippen molar-refractivity contribution in [3.8, 4) is 17.0 Å². The maximum atomic E-state index is 13.1. The van der Waals surface area contributed by atoms with Crippen molar-refractivity contribution >= 4 is 17.5 Å². The Morgan fingerprint density at radius 2 is 1.93 bits per heavy atom. The van der Waals surface area contributed by atoms with Gasteiger partial charge in [-0.25, -0.2) is 9.07 Å². The number of amides is 1. The first-order valence-corrected chi connectivity index (χ1v) is 8.81. The molecule has 1 heterocycles. The largest absolute Gasteiger partial charge is 0.496 e. The van der Waals surface area contributed by atoms with Crippen LogP contribution in [0.2, 0.25) is 5.02 Å². The third kappa shape index (κ3) is 4.55. The number of ether oxygens (including phenoxy) is 1. The lowest BCUT2D eigenvalue weighted by Gasteiger charge is -2.11. The van der Waals surface area contributed by atoms with Gasteiger partial charge < -0.3 is 10.1 Å². The van der Waals surface area contributed by atoms with Crippen molar-refractivity contribution in [1.29, 1.82) is 0 Å². The van der Waals surface area contributed by atoms with E-state index in [4.69, 9.17) is 16.3 Å². The fourth-order valence-corrected chi connectivity index (χ4v) is 2.78. The predicted molar refractivity (Wildman–Crippen MR) is 104 cm³/mol. The molecule has 0 atom stereocenters. The van der Waals surface area contributed by atoms with Gasteiger partial charge in [0.05, 0.1) is 24.9 Å². The lowest BCUT2D eigenvalue weighted by atomic mass is 10.1. The summed E-state index contributed by atoms with van der Waals surface area (Å²) in [7, 11) is 1.46. The Morgan fingerprint density at radius 1 is 1.18 bits per heavy atom. The number of nitrogens with one attached hydrogen (secondary N) is 1. The third-order valence-corrected chi connectivity index (χ3v) is 4.26. The van der Waals surface area contributed by atoms with E-state index in [0.717, 1.165) is 0 Å². The summed E-state index contributed by atoms with van der Waals surface area (Å²) in [5.74, 6) is -0.325. The van der Waals surface area contributed by atoms with Crippen molar-refractivity contribution in [1.82, 2.24) is 15.1 Å². The molecular weight excluding hydrogens is 385 g/mol. The predicted octanol–water partition coefficient (Wildman–Crippen LogP) is 3.14.